The van der Waals surface area contributed by atoms with Crippen molar-refractivity contribution in [3.63, 3.8) is 0 Å². The Bertz CT molecular complexity index is 1220. The van der Waals surface area contributed by atoms with E-state index in [-0.39, 0.29) is 17.5 Å². The SMILES string of the molecule is COc1cccc(NC(=O)N(Cc2ccc(C(C)(C)C)cc2)C(c2ccccc2)c2ccccc2)c1. The van der Waals surface area contributed by atoms with Crippen molar-refractivity contribution in [3.8, 4) is 5.75 Å². The van der Waals surface area contributed by atoms with Gasteiger partial charge in [0, 0.05) is 18.3 Å². The van der Waals surface area contributed by atoms with Gasteiger partial charge in [0.05, 0.1) is 13.2 Å². The van der Waals surface area contributed by atoms with Crippen LogP contribution in [0.1, 0.15) is 49.1 Å². The number of amides is 2. The monoisotopic (exact) mass is 478 g/mol. The minimum absolute atomic E-state index is 0.0680. The van der Waals surface area contributed by atoms with Crippen molar-refractivity contribution in [1.82, 2.24) is 4.90 Å². The number of anilines is 1. The molecule has 1 N–H and O–H groups in total. The van der Waals surface area contributed by atoms with Crippen LogP contribution in [0.2, 0.25) is 0 Å². The second-order valence-electron chi connectivity index (χ2n) is 9.96. The van der Waals surface area contributed by atoms with Crippen molar-refractivity contribution in [2.24, 2.45) is 0 Å². The maximum atomic E-state index is 13.9. The first-order valence-corrected chi connectivity index (χ1v) is 12.3. The van der Waals surface area contributed by atoms with Crippen molar-refractivity contribution in [2.45, 2.75) is 38.8 Å². The summed E-state index contributed by atoms with van der Waals surface area (Å²) in [5.41, 5.74) is 5.19. The van der Waals surface area contributed by atoms with E-state index in [1.165, 1.54) is 5.56 Å². The van der Waals surface area contributed by atoms with Crippen LogP contribution in [0.25, 0.3) is 0 Å². The van der Waals surface area contributed by atoms with E-state index in [0.717, 1.165) is 16.7 Å². The highest BCUT2D eigenvalue weighted by atomic mass is 16.5. The maximum Gasteiger partial charge on any atom is 0.322 e. The smallest absolute Gasteiger partial charge is 0.322 e. The molecule has 2 amide bonds. The number of rotatable bonds is 7. The summed E-state index contributed by atoms with van der Waals surface area (Å²) >= 11 is 0. The molecule has 4 aromatic rings. The van der Waals surface area contributed by atoms with Crippen LogP contribution >= 0.6 is 0 Å². The molecule has 0 aromatic heterocycles. The number of nitrogens with zero attached hydrogens (tertiary/aromatic N) is 1. The predicted octanol–water partition coefficient (Wildman–Crippen LogP) is 7.82. The number of urea groups is 1. The van der Waals surface area contributed by atoms with Crippen molar-refractivity contribution in [2.75, 3.05) is 12.4 Å². The van der Waals surface area contributed by atoms with Gasteiger partial charge < -0.3 is 15.0 Å². The topological polar surface area (TPSA) is 41.6 Å². The number of ether oxygens (including phenoxy) is 1. The van der Waals surface area contributed by atoms with E-state index >= 15 is 0 Å². The van der Waals surface area contributed by atoms with Gasteiger partial charge >= 0.3 is 6.03 Å². The highest BCUT2D eigenvalue weighted by Gasteiger charge is 2.27. The van der Waals surface area contributed by atoms with Gasteiger partial charge in [-0.15, -0.1) is 0 Å². The van der Waals surface area contributed by atoms with Crippen LogP contribution < -0.4 is 10.1 Å². The van der Waals surface area contributed by atoms with Gasteiger partial charge in [-0.1, -0.05) is 112 Å². The van der Waals surface area contributed by atoms with Crippen molar-refractivity contribution in [1.29, 1.82) is 0 Å². The summed E-state index contributed by atoms with van der Waals surface area (Å²) in [4.78, 5) is 15.8. The summed E-state index contributed by atoms with van der Waals surface area (Å²) in [7, 11) is 1.62. The van der Waals surface area contributed by atoms with Gasteiger partial charge in [-0.25, -0.2) is 4.79 Å². The standard InChI is InChI=1S/C32H34N2O2/c1-32(2,3)27-20-18-24(19-21-27)23-34(31(35)33-28-16-11-17-29(22-28)36-4)30(25-12-7-5-8-13-25)26-14-9-6-10-15-26/h5-22,30H,23H2,1-4H3,(H,33,35). The van der Waals surface area contributed by atoms with Crippen LogP contribution in [-0.4, -0.2) is 18.0 Å². The molecule has 0 atom stereocenters. The van der Waals surface area contributed by atoms with E-state index in [0.29, 0.717) is 18.0 Å². The fourth-order valence-electron chi connectivity index (χ4n) is 4.31. The van der Waals surface area contributed by atoms with Gasteiger partial charge in [0.1, 0.15) is 5.75 Å². The van der Waals surface area contributed by atoms with Gasteiger partial charge in [0.15, 0.2) is 0 Å². The molecule has 0 aliphatic carbocycles. The molecular weight excluding hydrogens is 444 g/mol. The van der Waals surface area contributed by atoms with Crippen LogP contribution in [0.3, 0.4) is 0 Å². The molecule has 4 aromatic carbocycles. The zero-order valence-electron chi connectivity index (χ0n) is 21.4. The van der Waals surface area contributed by atoms with Gasteiger partial charge in [-0.05, 0) is 39.8 Å². The van der Waals surface area contributed by atoms with Gasteiger partial charge in [-0.3, -0.25) is 0 Å². The van der Waals surface area contributed by atoms with Crippen LogP contribution in [0, 0.1) is 0 Å². The molecule has 184 valence electrons. The molecule has 4 heteroatoms. The molecule has 0 radical (unpaired) electrons. The molecule has 0 saturated carbocycles. The number of nitrogens with one attached hydrogen (secondary N) is 1. The lowest BCUT2D eigenvalue weighted by Gasteiger charge is -2.33. The lowest BCUT2D eigenvalue weighted by Crippen LogP contribution is -2.38. The van der Waals surface area contributed by atoms with E-state index < -0.39 is 0 Å². The number of benzene rings is 4. The summed E-state index contributed by atoms with van der Waals surface area (Å²) in [6.07, 6.45) is 0. The fraction of sp³-hybridized carbons (Fsp3) is 0.219. The number of hydrogen-bond acceptors (Lipinski definition) is 2. The third-order valence-corrected chi connectivity index (χ3v) is 6.30. The average molecular weight is 479 g/mol. The largest absolute Gasteiger partial charge is 0.497 e. The number of carbonyl (C=O) groups excluding carboxylic acids is 1. The predicted molar refractivity (Wildman–Crippen MR) is 147 cm³/mol. The Morgan fingerprint density at radius 3 is 1.92 bits per heavy atom. The Kier molecular flexibility index (Phi) is 7.74. The number of methoxy groups -OCH3 is 1. The first-order chi connectivity index (χ1) is 17.3. The molecule has 4 nitrogen and oxygen atoms in total. The van der Waals surface area contributed by atoms with Crippen LogP contribution in [-0.2, 0) is 12.0 Å². The van der Waals surface area contributed by atoms with Crippen molar-refractivity contribution < 1.29 is 9.53 Å². The highest BCUT2D eigenvalue weighted by molar-refractivity contribution is 5.90. The molecule has 36 heavy (non-hydrogen) atoms. The summed E-state index contributed by atoms with van der Waals surface area (Å²) in [6, 6.07) is 35.9. The first kappa shape index (κ1) is 25.1. The highest BCUT2D eigenvalue weighted by Crippen LogP contribution is 2.32. The van der Waals surface area contributed by atoms with Gasteiger partial charge in [-0.2, -0.15) is 0 Å². The molecule has 0 spiro atoms. The minimum Gasteiger partial charge on any atom is -0.497 e. The number of hydrogen-bond donors (Lipinski definition) is 1. The second kappa shape index (κ2) is 11.1. The van der Waals surface area contributed by atoms with E-state index in [4.69, 9.17) is 4.74 Å². The quantitative estimate of drug-likeness (QED) is 0.294. The molecular formula is C32H34N2O2. The number of carbonyl (C=O) groups is 1. The molecule has 0 bridgehead atoms. The maximum absolute atomic E-state index is 13.9. The Balaban J connectivity index is 1.74. The molecule has 0 heterocycles. The van der Waals surface area contributed by atoms with Crippen LogP contribution in [0.15, 0.2) is 109 Å². The van der Waals surface area contributed by atoms with Crippen molar-refractivity contribution >= 4 is 11.7 Å². The van der Waals surface area contributed by atoms with Crippen molar-refractivity contribution in [3.05, 3.63) is 131 Å². The van der Waals surface area contributed by atoms with E-state index in [9.17, 15) is 4.79 Å². The van der Waals surface area contributed by atoms with Gasteiger partial charge in [0.2, 0.25) is 0 Å². The Labute approximate surface area is 214 Å². The fourth-order valence-corrected chi connectivity index (χ4v) is 4.31. The average Bonchev–Trinajstić information content (AvgIpc) is 2.89. The first-order valence-electron chi connectivity index (χ1n) is 12.3. The zero-order chi connectivity index (χ0) is 25.5. The van der Waals surface area contributed by atoms with E-state index in [1.54, 1.807) is 7.11 Å². The van der Waals surface area contributed by atoms with E-state index in [1.807, 2.05) is 65.6 Å². The van der Waals surface area contributed by atoms with Gasteiger partial charge in [0.25, 0.3) is 0 Å². The molecule has 0 aliphatic rings. The minimum atomic E-state index is -0.264. The van der Waals surface area contributed by atoms with E-state index in [2.05, 4.69) is 74.6 Å². The van der Waals surface area contributed by atoms with Crippen LogP contribution in [0.5, 0.6) is 5.75 Å². The molecule has 0 aliphatic heterocycles. The zero-order valence-corrected chi connectivity index (χ0v) is 21.4. The third kappa shape index (κ3) is 6.14. The summed E-state index contributed by atoms with van der Waals surface area (Å²) in [5, 5.41) is 3.10. The normalized spacial score (nSPS) is 11.2. The van der Waals surface area contributed by atoms with Crippen LogP contribution in [0.4, 0.5) is 10.5 Å². The Morgan fingerprint density at radius 2 is 1.39 bits per heavy atom. The molecule has 0 fully saturated rings. The summed E-state index contributed by atoms with van der Waals surface area (Å²) in [6.45, 7) is 7.07. The lowest BCUT2D eigenvalue weighted by atomic mass is 9.86. The molecule has 0 saturated heterocycles. The second-order valence-corrected chi connectivity index (χ2v) is 9.96. The Morgan fingerprint density at radius 1 is 0.806 bits per heavy atom. The Hall–Kier alpha value is -4.05. The summed E-state index contributed by atoms with van der Waals surface area (Å²) < 4.78 is 5.35. The lowest BCUT2D eigenvalue weighted by molar-refractivity contribution is 0.194. The molecule has 4 rings (SSSR count). The third-order valence-electron chi connectivity index (χ3n) is 6.30. The summed E-state index contributed by atoms with van der Waals surface area (Å²) in [5.74, 6) is 0.694. The molecule has 0 unspecified atom stereocenters.